The second-order valence-corrected chi connectivity index (χ2v) is 6.92. The summed E-state index contributed by atoms with van der Waals surface area (Å²) >= 11 is 5.90. The van der Waals surface area contributed by atoms with Crippen molar-refractivity contribution in [3.05, 3.63) is 35.9 Å². The average molecular weight is 260 g/mol. The Hall–Kier alpha value is -0.380. The summed E-state index contributed by atoms with van der Waals surface area (Å²) in [5, 5.41) is 0. The zero-order valence-electron chi connectivity index (χ0n) is 9.87. The van der Waals surface area contributed by atoms with E-state index < -0.39 is 11.0 Å². The molecule has 90 valence electrons. The van der Waals surface area contributed by atoms with E-state index in [0.717, 1.165) is 5.56 Å². The average Bonchev–Trinajstić information content (AvgIpc) is 2.25. The Balaban J connectivity index is 2.75. The van der Waals surface area contributed by atoms with Crippen molar-refractivity contribution < 1.29 is 4.21 Å². The van der Waals surface area contributed by atoms with Gasteiger partial charge in [0.1, 0.15) is 0 Å². The van der Waals surface area contributed by atoms with Gasteiger partial charge in [0.2, 0.25) is 0 Å². The van der Waals surface area contributed by atoms with E-state index >= 15 is 0 Å². The number of alkyl halides is 1. The van der Waals surface area contributed by atoms with Crippen molar-refractivity contribution in [1.29, 1.82) is 0 Å². The summed E-state index contributed by atoms with van der Waals surface area (Å²) in [5.41, 5.74) is 1.06. The molecule has 2 atom stereocenters. The van der Waals surface area contributed by atoms with Crippen LogP contribution >= 0.6 is 11.6 Å². The van der Waals surface area contributed by atoms with Gasteiger partial charge in [-0.05, 0) is 26.3 Å². The number of hydrogen-bond acceptors (Lipinski definition) is 1. The van der Waals surface area contributed by atoms with Crippen LogP contribution in [0.2, 0.25) is 0 Å². The number of rotatable bonds is 4. The molecule has 0 aliphatic rings. The molecular weight excluding hydrogens is 242 g/mol. The molecule has 1 aromatic rings. The van der Waals surface area contributed by atoms with Crippen molar-refractivity contribution in [2.75, 3.05) is 5.88 Å². The molecule has 1 N–H and O–H groups in total. The van der Waals surface area contributed by atoms with Gasteiger partial charge in [0.15, 0.2) is 0 Å². The second kappa shape index (κ2) is 5.80. The molecule has 0 saturated carbocycles. The third kappa shape index (κ3) is 3.89. The van der Waals surface area contributed by atoms with Gasteiger partial charge in [-0.1, -0.05) is 30.3 Å². The first-order valence-electron chi connectivity index (χ1n) is 5.24. The molecule has 0 amide bonds. The number of nitrogens with one attached hydrogen (secondary N) is 1. The molecule has 0 saturated heterocycles. The molecule has 0 aliphatic heterocycles. The number of hydrogen-bond donors (Lipinski definition) is 1. The Labute approximate surface area is 105 Å². The lowest BCUT2D eigenvalue weighted by molar-refractivity contribution is 0.617. The van der Waals surface area contributed by atoms with Crippen LogP contribution in [0, 0.1) is 0 Å². The zero-order valence-corrected chi connectivity index (χ0v) is 11.4. The Morgan fingerprint density at radius 2 is 1.88 bits per heavy atom. The van der Waals surface area contributed by atoms with E-state index in [-0.39, 0.29) is 10.8 Å². The SMILES string of the molecule is CC(C)(C)[S@@](=O)N[C@@H](CCl)c1ccccc1. The normalized spacial score (nSPS) is 15.8. The van der Waals surface area contributed by atoms with Crippen LogP contribution in [0.4, 0.5) is 0 Å². The summed E-state index contributed by atoms with van der Waals surface area (Å²) < 4.78 is 14.7. The summed E-state index contributed by atoms with van der Waals surface area (Å²) in [6, 6.07) is 9.77. The first kappa shape index (κ1) is 13.7. The lowest BCUT2D eigenvalue weighted by Crippen LogP contribution is -2.36. The van der Waals surface area contributed by atoms with Gasteiger partial charge in [0, 0.05) is 5.88 Å². The molecular formula is C12H18ClNOS. The van der Waals surface area contributed by atoms with Crippen molar-refractivity contribution in [2.45, 2.75) is 31.6 Å². The molecule has 16 heavy (non-hydrogen) atoms. The molecule has 0 heterocycles. The Morgan fingerprint density at radius 1 is 1.31 bits per heavy atom. The fourth-order valence-electron chi connectivity index (χ4n) is 1.18. The fourth-order valence-corrected chi connectivity index (χ4v) is 2.36. The summed E-state index contributed by atoms with van der Waals surface area (Å²) in [4.78, 5) is 0. The Kier molecular flexibility index (Phi) is 4.96. The predicted octanol–water partition coefficient (Wildman–Crippen LogP) is 3.02. The van der Waals surface area contributed by atoms with Gasteiger partial charge in [0.05, 0.1) is 21.8 Å². The third-order valence-electron chi connectivity index (χ3n) is 2.16. The highest BCUT2D eigenvalue weighted by Crippen LogP contribution is 2.18. The molecule has 0 unspecified atom stereocenters. The van der Waals surface area contributed by atoms with Crippen LogP contribution in [0.3, 0.4) is 0 Å². The van der Waals surface area contributed by atoms with E-state index in [1.807, 2.05) is 51.1 Å². The predicted molar refractivity (Wildman–Crippen MR) is 70.9 cm³/mol. The van der Waals surface area contributed by atoms with Gasteiger partial charge in [0.25, 0.3) is 0 Å². The van der Waals surface area contributed by atoms with Crippen molar-refractivity contribution in [2.24, 2.45) is 0 Å². The lowest BCUT2D eigenvalue weighted by atomic mass is 10.1. The van der Waals surface area contributed by atoms with Crippen molar-refractivity contribution in [1.82, 2.24) is 4.72 Å². The van der Waals surface area contributed by atoms with Crippen LogP contribution in [0.5, 0.6) is 0 Å². The van der Waals surface area contributed by atoms with Gasteiger partial charge in [-0.2, -0.15) is 0 Å². The van der Waals surface area contributed by atoms with E-state index in [1.54, 1.807) is 0 Å². The van der Waals surface area contributed by atoms with Crippen molar-refractivity contribution >= 4 is 22.6 Å². The second-order valence-electron chi connectivity index (χ2n) is 4.62. The highest BCUT2D eigenvalue weighted by Gasteiger charge is 2.22. The maximum Gasteiger partial charge on any atom is 0.0976 e. The first-order chi connectivity index (χ1) is 7.45. The topological polar surface area (TPSA) is 29.1 Å². The minimum atomic E-state index is -1.10. The van der Waals surface area contributed by atoms with Crippen LogP contribution in [0.1, 0.15) is 32.4 Å². The van der Waals surface area contributed by atoms with Gasteiger partial charge >= 0.3 is 0 Å². The number of benzene rings is 1. The van der Waals surface area contributed by atoms with E-state index in [0.29, 0.717) is 5.88 Å². The van der Waals surface area contributed by atoms with E-state index in [1.165, 1.54) is 0 Å². The monoisotopic (exact) mass is 259 g/mol. The maximum atomic E-state index is 11.9. The summed E-state index contributed by atoms with van der Waals surface area (Å²) in [6.07, 6.45) is 0. The van der Waals surface area contributed by atoms with Crippen LogP contribution in [-0.4, -0.2) is 14.8 Å². The zero-order chi connectivity index (χ0) is 12.2. The molecule has 0 aromatic heterocycles. The van der Waals surface area contributed by atoms with E-state index in [4.69, 9.17) is 11.6 Å². The van der Waals surface area contributed by atoms with Crippen LogP contribution in [0.25, 0.3) is 0 Å². The quantitative estimate of drug-likeness (QED) is 0.828. The highest BCUT2D eigenvalue weighted by molar-refractivity contribution is 7.84. The standard InChI is InChI=1S/C12H18ClNOS/c1-12(2,3)16(15)14-11(9-13)10-7-5-4-6-8-10/h4-8,11,14H,9H2,1-3H3/t11-,16+/m0/s1. The van der Waals surface area contributed by atoms with E-state index in [9.17, 15) is 4.21 Å². The molecule has 1 aromatic carbocycles. The Bertz CT molecular complexity index is 348. The Morgan fingerprint density at radius 3 is 2.31 bits per heavy atom. The van der Waals surface area contributed by atoms with Gasteiger partial charge in [-0.3, -0.25) is 0 Å². The smallest absolute Gasteiger partial charge is 0.0976 e. The van der Waals surface area contributed by atoms with Crippen LogP contribution in [-0.2, 0) is 11.0 Å². The maximum absolute atomic E-state index is 11.9. The molecule has 4 heteroatoms. The molecule has 2 nitrogen and oxygen atoms in total. The largest absolute Gasteiger partial charge is 0.242 e. The molecule has 0 spiro atoms. The van der Waals surface area contributed by atoms with Crippen molar-refractivity contribution in [3.63, 3.8) is 0 Å². The first-order valence-corrected chi connectivity index (χ1v) is 6.92. The minimum absolute atomic E-state index is 0.0667. The van der Waals surface area contributed by atoms with Crippen LogP contribution < -0.4 is 4.72 Å². The number of halogens is 1. The van der Waals surface area contributed by atoms with Gasteiger partial charge in [-0.25, -0.2) is 8.93 Å². The van der Waals surface area contributed by atoms with E-state index in [2.05, 4.69) is 4.72 Å². The van der Waals surface area contributed by atoms with Crippen LogP contribution in [0.15, 0.2) is 30.3 Å². The highest BCUT2D eigenvalue weighted by atomic mass is 35.5. The minimum Gasteiger partial charge on any atom is -0.242 e. The lowest BCUT2D eigenvalue weighted by Gasteiger charge is -2.23. The molecule has 0 fully saturated rings. The summed E-state index contributed by atoms with van der Waals surface area (Å²) in [5.74, 6) is 0.409. The molecule has 0 bridgehead atoms. The van der Waals surface area contributed by atoms with Gasteiger partial charge in [-0.15, -0.1) is 11.6 Å². The van der Waals surface area contributed by atoms with Crippen molar-refractivity contribution in [3.8, 4) is 0 Å². The van der Waals surface area contributed by atoms with Gasteiger partial charge < -0.3 is 0 Å². The molecule has 0 aliphatic carbocycles. The molecule has 1 rings (SSSR count). The fraction of sp³-hybridized carbons (Fsp3) is 0.500. The third-order valence-corrected chi connectivity index (χ3v) is 4.08. The molecule has 0 radical (unpaired) electrons. The summed E-state index contributed by atoms with van der Waals surface area (Å²) in [6.45, 7) is 5.81. The summed E-state index contributed by atoms with van der Waals surface area (Å²) in [7, 11) is -1.10.